The Morgan fingerprint density at radius 2 is 2.25 bits per heavy atom. The first kappa shape index (κ1) is 14.2. The molecule has 0 aromatic carbocycles. The van der Waals surface area contributed by atoms with Crippen LogP contribution in [0.3, 0.4) is 0 Å². The molecule has 0 aliphatic carbocycles. The summed E-state index contributed by atoms with van der Waals surface area (Å²) in [5.41, 5.74) is 0.336. The lowest BCUT2D eigenvalue weighted by molar-refractivity contribution is 0.0689. The second-order valence-electron chi connectivity index (χ2n) is 3.92. The third kappa shape index (κ3) is 3.64. The van der Waals surface area contributed by atoms with E-state index in [9.17, 15) is 9.59 Å². The number of nitrogens with one attached hydrogen (secondary N) is 1. The van der Waals surface area contributed by atoms with Crippen LogP contribution >= 0.6 is 11.8 Å². The summed E-state index contributed by atoms with van der Waals surface area (Å²) in [6, 6.07) is 2.75. The summed E-state index contributed by atoms with van der Waals surface area (Å²) in [5.74, 6) is -1.13. The van der Waals surface area contributed by atoms with Crippen molar-refractivity contribution in [2.75, 3.05) is 0 Å². The van der Waals surface area contributed by atoms with Gasteiger partial charge in [-0.05, 0) is 24.2 Å². The van der Waals surface area contributed by atoms with Gasteiger partial charge in [-0.25, -0.2) is 19.7 Å². The molecule has 2 aromatic heterocycles. The van der Waals surface area contributed by atoms with E-state index >= 15 is 0 Å². The number of hydrogen-bond acceptors (Lipinski definition) is 6. The number of carboxylic acid groups (broad SMARTS) is 1. The lowest BCUT2D eigenvalue weighted by atomic mass is 10.2. The van der Waals surface area contributed by atoms with E-state index in [-0.39, 0.29) is 16.4 Å². The smallest absolute Gasteiger partial charge is 0.354 e. The van der Waals surface area contributed by atoms with Crippen LogP contribution < -0.4 is 5.56 Å². The molecule has 7 nitrogen and oxygen atoms in total. The zero-order valence-electron chi connectivity index (χ0n) is 10.7. The molecule has 104 valence electrons. The molecular weight excluding hydrogens is 280 g/mol. The fourth-order valence-electron chi connectivity index (χ4n) is 1.51. The van der Waals surface area contributed by atoms with E-state index in [0.29, 0.717) is 17.3 Å². The molecule has 0 spiro atoms. The summed E-state index contributed by atoms with van der Waals surface area (Å²) >= 11 is 1.02. The van der Waals surface area contributed by atoms with E-state index in [1.165, 1.54) is 18.3 Å². The van der Waals surface area contributed by atoms with Crippen LogP contribution in [-0.2, 0) is 6.42 Å². The number of aromatic carboxylic acids is 1. The first-order chi connectivity index (χ1) is 9.58. The standard InChI is InChI=1S/C12H12N4O3S/c1-2-3-7-6-9(17)16-12(14-7)20-11-13-5-4-8(15-11)10(18)19/h4-6H,2-3H2,1H3,(H,18,19)(H,14,16,17). The molecule has 2 heterocycles. The lowest BCUT2D eigenvalue weighted by Crippen LogP contribution is -2.10. The van der Waals surface area contributed by atoms with Crippen molar-refractivity contribution >= 4 is 17.7 Å². The Morgan fingerprint density at radius 1 is 1.45 bits per heavy atom. The number of aromatic nitrogens is 4. The maximum atomic E-state index is 11.5. The van der Waals surface area contributed by atoms with E-state index in [4.69, 9.17) is 5.11 Å². The Morgan fingerprint density at radius 3 is 2.95 bits per heavy atom. The number of H-pyrrole nitrogens is 1. The molecule has 2 N–H and O–H groups in total. The van der Waals surface area contributed by atoms with Gasteiger partial charge in [0, 0.05) is 18.0 Å². The van der Waals surface area contributed by atoms with Crippen molar-refractivity contribution in [3.05, 3.63) is 40.1 Å². The molecule has 2 rings (SSSR count). The minimum absolute atomic E-state index is 0.102. The van der Waals surface area contributed by atoms with Gasteiger partial charge in [0.15, 0.2) is 16.0 Å². The van der Waals surface area contributed by atoms with Crippen molar-refractivity contribution in [2.24, 2.45) is 0 Å². The highest BCUT2D eigenvalue weighted by molar-refractivity contribution is 7.99. The van der Waals surface area contributed by atoms with E-state index in [2.05, 4.69) is 19.9 Å². The molecule has 2 aromatic rings. The number of nitrogens with zero attached hydrogens (tertiary/aromatic N) is 3. The average Bonchev–Trinajstić information content (AvgIpc) is 2.38. The lowest BCUT2D eigenvalue weighted by Gasteiger charge is -2.02. The fourth-order valence-corrected chi connectivity index (χ4v) is 2.26. The Kier molecular flexibility index (Phi) is 4.46. The van der Waals surface area contributed by atoms with Crippen LogP contribution in [-0.4, -0.2) is 31.0 Å². The van der Waals surface area contributed by atoms with Crippen LogP contribution in [0.1, 0.15) is 29.5 Å². The van der Waals surface area contributed by atoms with Gasteiger partial charge in [-0.1, -0.05) is 13.3 Å². The van der Waals surface area contributed by atoms with Gasteiger partial charge in [-0.3, -0.25) is 4.79 Å². The zero-order valence-corrected chi connectivity index (χ0v) is 11.5. The van der Waals surface area contributed by atoms with Crippen LogP contribution in [0.5, 0.6) is 0 Å². The third-order valence-corrected chi connectivity index (χ3v) is 3.09. The average molecular weight is 292 g/mol. The summed E-state index contributed by atoms with van der Waals surface area (Å²) in [5, 5.41) is 9.43. The number of rotatable bonds is 5. The maximum absolute atomic E-state index is 11.5. The quantitative estimate of drug-likeness (QED) is 0.801. The summed E-state index contributed by atoms with van der Waals surface area (Å²) in [6.07, 6.45) is 2.94. The van der Waals surface area contributed by atoms with Crippen LogP contribution in [0.15, 0.2) is 33.4 Å². The molecule has 0 unspecified atom stereocenters. The van der Waals surface area contributed by atoms with Gasteiger partial charge < -0.3 is 10.1 Å². The summed E-state index contributed by atoms with van der Waals surface area (Å²) < 4.78 is 0. The second kappa shape index (κ2) is 6.29. The molecule has 0 radical (unpaired) electrons. The number of hydrogen-bond donors (Lipinski definition) is 2. The highest BCUT2D eigenvalue weighted by Gasteiger charge is 2.09. The fraction of sp³-hybridized carbons (Fsp3) is 0.250. The monoisotopic (exact) mass is 292 g/mol. The predicted molar refractivity (Wildman–Crippen MR) is 72.0 cm³/mol. The summed E-state index contributed by atoms with van der Waals surface area (Å²) in [7, 11) is 0. The van der Waals surface area contributed by atoms with Crippen molar-refractivity contribution in [3.8, 4) is 0 Å². The Balaban J connectivity index is 2.27. The number of aryl methyl sites for hydroxylation is 1. The van der Waals surface area contributed by atoms with Gasteiger partial charge in [-0.15, -0.1) is 0 Å². The van der Waals surface area contributed by atoms with Gasteiger partial charge in [0.2, 0.25) is 0 Å². The maximum Gasteiger partial charge on any atom is 0.354 e. The van der Waals surface area contributed by atoms with Crippen molar-refractivity contribution in [2.45, 2.75) is 30.1 Å². The molecule has 0 fully saturated rings. The largest absolute Gasteiger partial charge is 0.477 e. The van der Waals surface area contributed by atoms with E-state index in [0.717, 1.165) is 18.2 Å². The van der Waals surface area contributed by atoms with Crippen LogP contribution in [0.2, 0.25) is 0 Å². The molecule has 8 heteroatoms. The molecule has 0 aliphatic rings. The minimum Gasteiger partial charge on any atom is -0.477 e. The molecule has 0 saturated heterocycles. The van der Waals surface area contributed by atoms with Gasteiger partial charge in [0.05, 0.1) is 0 Å². The third-order valence-electron chi connectivity index (χ3n) is 2.32. The van der Waals surface area contributed by atoms with Crippen LogP contribution in [0.4, 0.5) is 0 Å². The first-order valence-corrected chi connectivity index (χ1v) is 6.74. The highest BCUT2D eigenvalue weighted by Crippen LogP contribution is 2.19. The zero-order chi connectivity index (χ0) is 14.5. The van der Waals surface area contributed by atoms with E-state index in [1.54, 1.807) is 0 Å². The minimum atomic E-state index is -1.13. The molecule has 20 heavy (non-hydrogen) atoms. The van der Waals surface area contributed by atoms with Gasteiger partial charge in [-0.2, -0.15) is 0 Å². The van der Waals surface area contributed by atoms with Crippen molar-refractivity contribution < 1.29 is 9.90 Å². The second-order valence-corrected chi connectivity index (χ2v) is 4.88. The molecule has 0 aliphatic heterocycles. The van der Waals surface area contributed by atoms with Crippen LogP contribution in [0, 0.1) is 0 Å². The molecule has 0 atom stereocenters. The number of carboxylic acids is 1. The molecular formula is C12H12N4O3S. The van der Waals surface area contributed by atoms with Crippen LogP contribution in [0.25, 0.3) is 0 Å². The Bertz CT molecular complexity index is 686. The molecule has 0 amide bonds. The van der Waals surface area contributed by atoms with Crippen molar-refractivity contribution in [3.63, 3.8) is 0 Å². The van der Waals surface area contributed by atoms with Crippen molar-refractivity contribution in [1.82, 2.24) is 19.9 Å². The number of carbonyl (C=O) groups is 1. The predicted octanol–water partition coefficient (Wildman–Crippen LogP) is 1.36. The van der Waals surface area contributed by atoms with E-state index < -0.39 is 5.97 Å². The Hall–Kier alpha value is -2.22. The van der Waals surface area contributed by atoms with Gasteiger partial charge >= 0.3 is 5.97 Å². The first-order valence-electron chi connectivity index (χ1n) is 5.93. The van der Waals surface area contributed by atoms with Gasteiger partial charge in [0.25, 0.3) is 5.56 Å². The normalized spacial score (nSPS) is 10.4. The SMILES string of the molecule is CCCc1cc(=O)[nH]c(Sc2nccc(C(=O)O)n2)n1. The number of aromatic amines is 1. The van der Waals surface area contributed by atoms with Crippen molar-refractivity contribution in [1.29, 1.82) is 0 Å². The molecule has 0 bridgehead atoms. The van der Waals surface area contributed by atoms with E-state index in [1.807, 2.05) is 6.92 Å². The topological polar surface area (TPSA) is 109 Å². The van der Waals surface area contributed by atoms with Gasteiger partial charge in [0.1, 0.15) is 0 Å². The Labute approximate surface area is 118 Å². The summed E-state index contributed by atoms with van der Waals surface area (Å²) in [4.78, 5) is 37.0. The highest BCUT2D eigenvalue weighted by atomic mass is 32.2. The molecule has 0 saturated carbocycles. The summed E-state index contributed by atoms with van der Waals surface area (Å²) in [6.45, 7) is 2.00.